The van der Waals surface area contributed by atoms with Crippen LogP contribution in [0.15, 0.2) is 46.9 Å². The smallest absolute Gasteiger partial charge is 0.457 e. The first kappa shape index (κ1) is 25.3. The fourth-order valence-corrected chi connectivity index (χ4v) is 3.41. The van der Waals surface area contributed by atoms with Gasteiger partial charge in [-0.3, -0.25) is 24.4 Å². The second-order valence-corrected chi connectivity index (χ2v) is 8.19. The molecule has 0 heterocycles. The third kappa shape index (κ3) is 7.97. The lowest BCUT2D eigenvalue weighted by atomic mass is 10.2. The van der Waals surface area contributed by atoms with Crippen molar-refractivity contribution in [3.05, 3.63) is 62.6 Å². The Bertz CT molecular complexity index is 998. The predicted octanol–water partition coefficient (Wildman–Crippen LogP) is 4.97. The topological polar surface area (TPSA) is 140 Å². The molecule has 2 aromatic carbocycles. The lowest BCUT2D eigenvalue weighted by molar-refractivity contribution is -0.385. The third-order valence-electron chi connectivity index (χ3n) is 3.63. The molecule has 0 fully saturated rings. The molecular weight excluding hydrogens is 513 g/mol. The van der Waals surface area contributed by atoms with Crippen molar-refractivity contribution >= 4 is 41.6 Å². The largest absolute Gasteiger partial charge is 0.549 e. The van der Waals surface area contributed by atoms with Gasteiger partial charge in [-0.15, -0.1) is 4.52 Å². The Balaban J connectivity index is 2.41. The normalized spacial score (nSPS) is 11.9. The molecule has 0 radical (unpaired) electrons. The SMILES string of the molecule is CC(=O)OCOC(c1cc([N+](=O)[O-])ccc1Oc1ccc(Br)cc1)[P+](=O)OCOC(C)=O. The van der Waals surface area contributed by atoms with Gasteiger partial charge in [0.15, 0.2) is 6.79 Å². The van der Waals surface area contributed by atoms with Gasteiger partial charge in [0.2, 0.25) is 6.79 Å². The number of carbonyl (C=O) groups excluding carboxylic acids is 2. The van der Waals surface area contributed by atoms with Crippen molar-refractivity contribution < 1.29 is 42.5 Å². The lowest BCUT2D eigenvalue weighted by Gasteiger charge is -2.14. The minimum atomic E-state index is -2.76. The molecule has 0 saturated heterocycles. The van der Waals surface area contributed by atoms with Gasteiger partial charge in [0, 0.05) is 30.5 Å². The van der Waals surface area contributed by atoms with Gasteiger partial charge in [-0.05, 0) is 34.9 Å². The molecule has 13 heteroatoms. The van der Waals surface area contributed by atoms with E-state index in [1.165, 1.54) is 12.1 Å². The van der Waals surface area contributed by atoms with Crippen LogP contribution in [0.5, 0.6) is 11.5 Å². The van der Waals surface area contributed by atoms with Crippen molar-refractivity contribution in [1.82, 2.24) is 0 Å². The molecule has 0 N–H and O–H groups in total. The number of nitro groups is 1. The Morgan fingerprint density at radius 3 is 2.28 bits per heavy atom. The van der Waals surface area contributed by atoms with E-state index in [4.69, 9.17) is 18.7 Å². The van der Waals surface area contributed by atoms with Gasteiger partial charge in [0.05, 0.1) is 10.5 Å². The summed E-state index contributed by atoms with van der Waals surface area (Å²) in [5.74, 6) is -2.31. The van der Waals surface area contributed by atoms with Crippen LogP contribution >= 0.6 is 24.0 Å². The highest BCUT2D eigenvalue weighted by molar-refractivity contribution is 9.10. The first-order chi connectivity index (χ1) is 15.2. The van der Waals surface area contributed by atoms with E-state index in [1.807, 2.05) is 0 Å². The number of benzene rings is 2. The summed E-state index contributed by atoms with van der Waals surface area (Å²) < 4.78 is 39.1. The quantitative estimate of drug-likeness (QED) is 0.128. The van der Waals surface area contributed by atoms with E-state index >= 15 is 0 Å². The molecule has 2 rings (SSSR count). The van der Waals surface area contributed by atoms with Crippen LogP contribution in [0.2, 0.25) is 0 Å². The van der Waals surface area contributed by atoms with Crippen LogP contribution in [0, 0.1) is 10.1 Å². The summed E-state index contributed by atoms with van der Waals surface area (Å²) in [5, 5.41) is 11.3. The van der Waals surface area contributed by atoms with Gasteiger partial charge in [0.25, 0.3) is 5.69 Å². The number of hydrogen-bond acceptors (Lipinski definition) is 10. The molecule has 0 aliphatic rings. The Kier molecular flexibility index (Phi) is 9.66. The van der Waals surface area contributed by atoms with Crippen molar-refractivity contribution in [2.45, 2.75) is 19.7 Å². The Hall–Kier alpha value is -2.92. The summed E-state index contributed by atoms with van der Waals surface area (Å²) >= 11 is 3.30. The van der Waals surface area contributed by atoms with Crippen LogP contribution in [0.4, 0.5) is 5.69 Å². The maximum atomic E-state index is 12.8. The molecule has 32 heavy (non-hydrogen) atoms. The molecule has 0 amide bonds. The summed E-state index contributed by atoms with van der Waals surface area (Å²) in [4.78, 5) is 32.6. The summed E-state index contributed by atoms with van der Waals surface area (Å²) in [6.07, 6.45) is 0. The van der Waals surface area contributed by atoms with E-state index in [1.54, 1.807) is 24.3 Å². The van der Waals surface area contributed by atoms with Crippen molar-refractivity contribution in [2.24, 2.45) is 0 Å². The molecule has 2 unspecified atom stereocenters. The maximum Gasteiger partial charge on any atom is 0.549 e. The molecule has 0 bridgehead atoms. The summed E-state index contributed by atoms with van der Waals surface area (Å²) in [5.41, 5.74) is -0.328. The number of rotatable bonds is 11. The summed E-state index contributed by atoms with van der Waals surface area (Å²) in [6.45, 7) is 1.02. The number of nitro benzene ring substituents is 1. The highest BCUT2D eigenvalue weighted by Crippen LogP contribution is 2.48. The van der Waals surface area contributed by atoms with Crippen LogP contribution in [0.1, 0.15) is 25.3 Å². The maximum absolute atomic E-state index is 12.8. The standard InChI is InChI=1S/C19H18BrNO10P/c1-12(22)27-10-29-19(32(26)30-11-28-13(2)23)17-9-15(21(24)25)5-8-18(17)31-16-6-3-14(20)4-7-16/h3-9,19H,10-11H2,1-2H3/q+1. The van der Waals surface area contributed by atoms with Gasteiger partial charge in [-0.2, -0.15) is 0 Å². The van der Waals surface area contributed by atoms with E-state index < -0.39 is 44.3 Å². The first-order valence-electron chi connectivity index (χ1n) is 8.86. The molecular formula is C19H18BrNO10P+. The van der Waals surface area contributed by atoms with E-state index in [-0.39, 0.29) is 17.0 Å². The number of carbonyl (C=O) groups is 2. The molecule has 0 saturated carbocycles. The zero-order chi connectivity index (χ0) is 23.7. The van der Waals surface area contributed by atoms with Gasteiger partial charge < -0.3 is 14.2 Å². The van der Waals surface area contributed by atoms with Crippen LogP contribution in [-0.2, 0) is 32.9 Å². The Labute approximate surface area is 191 Å². The van der Waals surface area contributed by atoms with Gasteiger partial charge in [-0.1, -0.05) is 15.9 Å². The molecule has 2 aromatic rings. The molecule has 0 aliphatic carbocycles. The van der Waals surface area contributed by atoms with Crippen LogP contribution in [0.25, 0.3) is 0 Å². The zero-order valence-corrected chi connectivity index (χ0v) is 19.4. The fraction of sp³-hybridized carbons (Fsp3) is 0.263. The number of ether oxygens (including phenoxy) is 4. The first-order valence-corrected chi connectivity index (χ1v) is 10.9. The minimum absolute atomic E-state index is 0.00166. The highest BCUT2D eigenvalue weighted by Gasteiger charge is 2.40. The number of non-ortho nitro benzene ring substituents is 1. The Morgan fingerprint density at radius 1 is 1.06 bits per heavy atom. The minimum Gasteiger partial charge on any atom is -0.457 e. The zero-order valence-electron chi connectivity index (χ0n) is 16.9. The third-order valence-corrected chi connectivity index (χ3v) is 5.33. The van der Waals surface area contributed by atoms with Crippen LogP contribution in [0.3, 0.4) is 0 Å². The molecule has 170 valence electrons. The fourth-order valence-electron chi connectivity index (χ4n) is 2.24. The average Bonchev–Trinajstić information content (AvgIpc) is 2.72. The highest BCUT2D eigenvalue weighted by atomic mass is 79.9. The van der Waals surface area contributed by atoms with E-state index in [2.05, 4.69) is 20.7 Å². The van der Waals surface area contributed by atoms with Crippen LogP contribution < -0.4 is 4.74 Å². The lowest BCUT2D eigenvalue weighted by Crippen LogP contribution is -2.11. The second-order valence-electron chi connectivity index (χ2n) is 5.98. The number of esters is 2. The molecule has 2 atom stereocenters. The monoisotopic (exact) mass is 530 g/mol. The van der Waals surface area contributed by atoms with E-state index in [0.29, 0.717) is 5.75 Å². The molecule has 0 spiro atoms. The molecule has 0 aromatic heterocycles. The van der Waals surface area contributed by atoms with Gasteiger partial charge >= 0.3 is 25.8 Å². The number of hydrogen-bond donors (Lipinski definition) is 0. The number of nitrogens with zero attached hydrogens (tertiary/aromatic N) is 1. The Morgan fingerprint density at radius 2 is 1.69 bits per heavy atom. The second kappa shape index (κ2) is 12.2. The predicted molar refractivity (Wildman–Crippen MR) is 113 cm³/mol. The summed E-state index contributed by atoms with van der Waals surface area (Å²) in [7, 11) is -2.76. The van der Waals surface area contributed by atoms with Crippen molar-refractivity contribution in [2.75, 3.05) is 13.6 Å². The molecule has 11 nitrogen and oxygen atoms in total. The van der Waals surface area contributed by atoms with Crippen LogP contribution in [-0.4, -0.2) is 30.4 Å². The van der Waals surface area contributed by atoms with Crippen molar-refractivity contribution in [1.29, 1.82) is 0 Å². The molecule has 0 aliphatic heterocycles. The van der Waals surface area contributed by atoms with Gasteiger partial charge in [0.1, 0.15) is 11.5 Å². The van der Waals surface area contributed by atoms with E-state index in [0.717, 1.165) is 24.4 Å². The van der Waals surface area contributed by atoms with Crippen molar-refractivity contribution in [3.8, 4) is 11.5 Å². The number of halogens is 1. The van der Waals surface area contributed by atoms with E-state index in [9.17, 15) is 24.3 Å². The average molecular weight is 531 g/mol. The summed E-state index contributed by atoms with van der Waals surface area (Å²) in [6, 6.07) is 10.3. The van der Waals surface area contributed by atoms with Crippen molar-refractivity contribution in [3.63, 3.8) is 0 Å². The van der Waals surface area contributed by atoms with Gasteiger partial charge in [-0.25, -0.2) is 0 Å².